The molecule has 0 aliphatic carbocycles. The molecule has 0 bridgehead atoms. The predicted molar refractivity (Wildman–Crippen MR) is 62.0 cm³/mol. The van der Waals surface area contributed by atoms with Crippen LogP contribution in [0.2, 0.25) is 0 Å². The Kier molecular flexibility index (Phi) is 3.87. The third-order valence-corrected chi connectivity index (χ3v) is 3.14. The van der Waals surface area contributed by atoms with Crippen LogP contribution in [-0.4, -0.2) is 35.6 Å². The molecule has 1 aromatic heterocycles. The number of pyridine rings is 1. The van der Waals surface area contributed by atoms with Gasteiger partial charge in [0.15, 0.2) is 0 Å². The van der Waals surface area contributed by atoms with E-state index < -0.39 is 11.9 Å². The molecular formula is C12H16F3N3. The fourth-order valence-electron chi connectivity index (χ4n) is 2.04. The van der Waals surface area contributed by atoms with Gasteiger partial charge < -0.3 is 5.32 Å². The van der Waals surface area contributed by atoms with Gasteiger partial charge in [-0.05, 0) is 18.6 Å². The Hall–Kier alpha value is -1.14. The van der Waals surface area contributed by atoms with Crippen molar-refractivity contribution in [2.75, 3.05) is 19.6 Å². The van der Waals surface area contributed by atoms with Gasteiger partial charge in [-0.15, -0.1) is 0 Å². The molecule has 18 heavy (non-hydrogen) atoms. The largest absolute Gasteiger partial charge is 0.433 e. The molecule has 1 saturated heterocycles. The second-order valence-corrected chi connectivity index (χ2v) is 4.57. The number of hydrogen-bond acceptors (Lipinski definition) is 3. The number of aromatic nitrogens is 1. The maximum Gasteiger partial charge on any atom is 0.433 e. The van der Waals surface area contributed by atoms with Crippen LogP contribution in [-0.2, 0) is 12.7 Å². The van der Waals surface area contributed by atoms with Gasteiger partial charge in [-0.1, -0.05) is 6.07 Å². The molecule has 0 spiro atoms. The molecule has 0 amide bonds. The van der Waals surface area contributed by atoms with Crippen LogP contribution in [0.5, 0.6) is 0 Å². The van der Waals surface area contributed by atoms with Crippen molar-refractivity contribution >= 4 is 0 Å². The van der Waals surface area contributed by atoms with Gasteiger partial charge >= 0.3 is 6.18 Å². The van der Waals surface area contributed by atoms with E-state index in [4.69, 9.17) is 0 Å². The summed E-state index contributed by atoms with van der Waals surface area (Å²) in [6.07, 6.45) is -3.04. The van der Waals surface area contributed by atoms with E-state index in [1.807, 2.05) is 0 Å². The summed E-state index contributed by atoms with van der Waals surface area (Å²) in [6.45, 7) is 5.48. The highest BCUT2D eigenvalue weighted by molar-refractivity contribution is 5.16. The van der Waals surface area contributed by atoms with Crippen LogP contribution in [0.15, 0.2) is 18.3 Å². The van der Waals surface area contributed by atoms with Crippen molar-refractivity contribution in [3.63, 3.8) is 0 Å². The average Bonchev–Trinajstić information content (AvgIpc) is 2.32. The first-order valence-electron chi connectivity index (χ1n) is 5.94. The molecule has 2 heterocycles. The van der Waals surface area contributed by atoms with E-state index >= 15 is 0 Å². The van der Waals surface area contributed by atoms with Crippen molar-refractivity contribution in [2.45, 2.75) is 25.7 Å². The Bertz CT molecular complexity index is 389. The van der Waals surface area contributed by atoms with Crippen LogP contribution in [0.4, 0.5) is 13.2 Å². The molecular weight excluding hydrogens is 243 g/mol. The molecule has 1 aliphatic rings. The van der Waals surface area contributed by atoms with Crippen molar-refractivity contribution in [2.24, 2.45) is 0 Å². The average molecular weight is 259 g/mol. The predicted octanol–water partition coefficient (Wildman–Crippen LogP) is 1.89. The number of nitrogens with zero attached hydrogens (tertiary/aromatic N) is 2. The van der Waals surface area contributed by atoms with Gasteiger partial charge in [0.2, 0.25) is 0 Å². The maximum atomic E-state index is 12.4. The van der Waals surface area contributed by atoms with Gasteiger partial charge in [-0.25, -0.2) is 0 Å². The molecule has 100 valence electrons. The lowest BCUT2D eigenvalue weighted by atomic mass is 10.1. The van der Waals surface area contributed by atoms with E-state index in [1.54, 1.807) is 0 Å². The van der Waals surface area contributed by atoms with Gasteiger partial charge in [0.25, 0.3) is 0 Å². The summed E-state index contributed by atoms with van der Waals surface area (Å²) >= 11 is 0. The Morgan fingerprint density at radius 1 is 1.44 bits per heavy atom. The smallest absolute Gasteiger partial charge is 0.314 e. The standard InChI is InChI=1S/C12H16F3N3/c1-9-6-16-4-5-18(9)8-10-2-3-11(17-7-10)12(13,14)15/h2-3,7,9,16H,4-6,8H2,1H3/t9-/m1/s1. The minimum Gasteiger partial charge on any atom is -0.314 e. The lowest BCUT2D eigenvalue weighted by Gasteiger charge is -2.33. The first-order chi connectivity index (χ1) is 8.47. The van der Waals surface area contributed by atoms with Crippen LogP contribution < -0.4 is 5.32 Å². The summed E-state index contributed by atoms with van der Waals surface area (Å²) in [7, 11) is 0. The Labute approximate surface area is 104 Å². The highest BCUT2D eigenvalue weighted by Crippen LogP contribution is 2.27. The summed E-state index contributed by atoms with van der Waals surface area (Å²) in [6, 6.07) is 2.94. The number of nitrogens with one attached hydrogen (secondary N) is 1. The Balaban J connectivity index is 2.02. The van der Waals surface area contributed by atoms with Crippen molar-refractivity contribution < 1.29 is 13.2 Å². The van der Waals surface area contributed by atoms with E-state index in [-0.39, 0.29) is 0 Å². The summed E-state index contributed by atoms with van der Waals surface area (Å²) in [5.41, 5.74) is -0.0173. The molecule has 1 aromatic rings. The maximum absolute atomic E-state index is 12.4. The highest BCUT2D eigenvalue weighted by Gasteiger charge is 2.32. The number of halogens is 3. The van der Waals surface area contributed by atoms with Gasteiger partial charge in [0.1, 0.15) is 5.69 Å². The van der Waals surface area contributed by atoms with Crippen LogP contribution in [0.1, 0.15) is 18.2 Å². The van der Waals surface area contributed by atoms with Crippen molar-refractivity contribution in [1.29, 1.82) is 0 Å². The third-order valence-electron chi connectivity index (χ3n) is 3.14. The minimum atomic E-state index is -4.36. The molecule has 3 nitrogen and oxygen atoms in total. The first kappa shape index (κ1) is 13.3. The van der Waals surface area contributed by atoms with E-state index in [1.165, 1.54) is 12.3 Å². The lowest BCUT2D eigenvalue weighted by molar-refractivity contribution is -0.141. The normalized spacial score (nSPS) is 22.1. The van der Waals surface area contributed by atoms with Gasteiger partial charge in [-0.3, -0.25) is 9.88 Å². The van der Waals surface area contributed by atoms with E-state index in [0.717, 1.165) is 31.3 Å². The van der Waals surface area contributed by atoms with Gasteiger partial charge in [0.05, 0.1) is 0 Å². The molecule has 0 aromatic carbocycles. The highest BCUT2D eigenvalue weighted by atomic mass is 19.4. The summed E-state index contributed by atoms with van der Waals surface area (Å²) in [5.74, 6) is 0. The van der Waals surface area contributed by atoms with Crippen molar-refractivity contribution in [1.82, 2.24) is 15.2 Å². The third kappa shape index (κ3) is 3.20. The number of hydrogen-bond donors (Lipinski definition) is 1. The molecule has 0 radical (unpaired) electrons. The Morgan fingerprint density at radius 3 is 2.78 bits per heavy atom. The minimum absolute atomic E-state index is 0.390. The summed E-state index contributed by atoms with van der Waals surface area (Å²) in [4.78, 5) is 5.71. The van der Waals surface area contributed by atoms with Crippen molar-refractivity contribution in [3.05, 3.63) is 29.6 Å². The molecule has 1 atom stereocenters. The summed E-state index contributed by atoms with van der Waals surface area (Å²) < 4.78 is 37.1. The number of rotatable bonds is 2. The number of piperazine rings is 1. The van der Waals surface area contributed by atoms with Crippen LogP contribution >= 0.6 is 0 Å². The quantitative estimate of drug-likeness (QED) is 0.879. The molecule has 2 rings (SSSR count). The molecule has 0 unspecified atom stereocenters. The van der Waals surface area contributed by atoms with Crippen LogP contribution in [0, 0.1) is 0 Å². The van der Waals surface area contributed by atoms with E-state index in [9.17, 15) is 13.2 Å². The van der Waals surface area contributed by atoms with Crippen molar-refractivity contribution in [3.8, 4) is 0 Å². The molecule has 1 aliphatic heterocycles. The second kappa shape index (κ2) is 5.24. The van der Waals surface area contributed by atoms with E-state index in [2.05, 4.69) is 22.1 Å². The summed E-state index contributed by atoms with van der Waals surface area (Å²) in [5, 5.41) is 3.27. The molecule has 1 N–H and O–H groups in total. The zero-order chi connectivity index (χ0) is 13.2. The lowest BCUT2D eigenvalue weighted by Crippen LogP contribution is -2.49. The SMILES string of the molecule is C[C@@H]1CNCCN1Cc1ccc(C(F)(F)F)nc1. The first-order valence-corrected chi connectivity index (χ1v) is 5.94. The topological polar surface area (TPSA) is 28.2 Å². The fraction of sp³-hybridized carbons (Fsp3) is 0.583. The van der Waals surface area contributed by atoms with Crippen LogP contribution in [0.25, 0.3) is 0 Å². The molecule has 6 heteroatoms. The van der Waals surface area contributed by atoms with Gasteiger partial charge in [-0.2, -0.15) is 13.2 Å². The van der Waals surface area contributed by atoms with Gasteiger partial charge in [0, 0.05) is 38.4 Å². The second-order valence-electron chi connectivity index (χ2n) is 4.57. The monoisotopic (exact) mass is 259 g/mol. The molecule has 0 saturated carbocycles. The molecule has 1 fully saturated rings. The zero-order valence-electron chi connectivity index (χ0n) is 10.2. The van der Waals surface area contributed by atoms with E-state index in [0.29, 0.717) is 12.6 Å². The zero-order valence-corrected chi connectivity index (χ0v) is 10.2. The number of alkyl halides is 3. The van der Waals surface area contributed by atoms with Crippen LogP contribution in [0.3, 0.4) is 0 Å². The fourth-order valence-corrected chi connectivity index (χ4v) is 2.04. The Morgan fingerprint density at radius 2 is 2.22 bits per heavy atom.